The number of nitrogens with two attached hydrogens (primary N) is 1. The van der Waals surface area contributed by atoms with E-state index in [0.717, 1.165) is 12.0 Å². The van der Waals surface area contributed by atoms with Crippen molar-refractivity contribution in [2.75, 3.05) is 20.2 Å². The highest BCUT2D eigenvalue weighted by Crippen LogP contribution is 2.29. The summed E-state index contributed by atoms with van der Waals surface area (Å²) >= 11 is 0. The Morgan fingerprint density at radius 1 is 1.50 bits per heavy atom. The monoisotopic (exact) mass is 276 g/mol. The lowest BCUT2D eigenvalue weighted by atomic mass is 10.1. The first-order valence-corrected chi connectivity index (χ1v) is 6.37. The number of nitrogens with one attached hydrogen (secondary N) is 1. The lowest BCUT2D eigenvalue weighted by molar-refractivity contribution is -0.127. The third-order valence-electron chi connectivity index (χ3n) is 2.70. The minimum Gasteiger partial charge on any atom is -0.493 e. The summed E-state index contributed by atoms with van der Waals surface area (Å²) < 4.78 is 10.9. The van der Waals surface area contributed by atoms with Gasteiger partial charge in [0.1, 0.15) is 0 Å². The van der Waals surface area contributed by atoms with Crippen LogP contribution in [0.5, 0.6) is 11.5 Å². The first-order valence-electron chi connectivity index (χ1n) is 6.37. The van der Waals surface area contributed by atoms with Crippen molar-refractivity contribution in [1.29, 1.82) is 0 Å². The standard InChI is InChI=1S/C15H20N2O3/c1-4-9-17-15(18)11(2)20-13-6-5-12(7-8-16)10-14(13)19-3/h1,5-6,10-11H,7-9,16H2,2-3H3,(H,17,18). The quantitative estimate of drug-likeness (QED) is 0.719. The molecule has 108 valence electrons. The number of ether oxygens (including phenoxy) is 2. The molecule has 1 rings (SSSR count). The molecule has 5 nitrogen and oxygen atoms in total. The molecular formula is C15H20N2O3. The molecule has 0 heterocycles. The molecule has 1 aromatic rings. The van der Waals surface area contributed by atoms with E-state index < -0.39 is 6.10 Å². The average Bonchev–Trinajstić information content (AvgIpc) is 2.46. The van der Waals surface area contributed by atoms with Gasteiger partial charge in [0.15, 0.2) is 17.6 Å². The minimum absolute atomic E-state index is 0.180. The molecule has 1 unspecified atom stereocenters. The van der Waals surface area contributed by atoms with E-state index in [2.05, 4.69) is 11.2 Å². The van der Waals surface area contributed by atoms with Crippen molar-refractivity contribution in [2.45, 2.75) is 19.4 Å². The molecule has 0 spiro atoms. The second kappa shape index (κ2) is 8.08. The number of carbonyl (C=O) groups excluding carboxylic acids is 1. The van der Waals surface area contributed by atoms with Gasteiger partial charge >= 0.3 is 0 Å². The summed E-state index contributed by atoms with van der Waals surface area (Å²) in [7, 11) is 1.55. The van der Waals surface area contributed by atoms with Crippen LogP contribution in [0.4, 0.5) is 0 Å². The number of rotatable bonds is 7. The predicted molar refractivity (Wildman–Crippen MR) is 77.7 cm³/mol. The average molecular weight is 276 g/mol. The normalized spacial score (nSPS) is 11.3. The molecule has 20 heavy (non-hydrogen) atoms. The lowest BCUT2D eigenvalue weighted by Crippen LogP contribution is -2.36. The summed E-state index contributed by atoms with van der Waals surface area (Å²) in [4.78, 5) is 11.7. The first-order chi connectivity index (χ1) is 9.62. The number of hydrogen-bond acceptors (Lipinski definition) is 4. The highest BCUT2D eigenvalue weighted by Gasteiger charge is 2.16. The molecule has 0 saturated heterocycles. The number of benzene rings is 1. The number of methoxy groups -OCH3 is 1. The van der Waals surface area contributed by atoms with E-state index in [0.29, 0.717) is 18.0 Å². The van der Waals surface area contributed by atoms with Gasteiger partial charge in [-0.25, -0.2) is 0 Å². The fourth-order valence-electron chi connectivity index (χ4n) is 1.66. The van der Waals surface area contributed by atoms with Crippen LogP contribution in [0.15, 0.2) is 18.2 Å². The van der Waals surface area contributed by atoms with Crippen molar-refractivity contribution >= 4 is 5.91 Å². The van der Waals surface area contributed by atoms with Crippen molar-refractivity contribution in [3.05, 3.63) is 23.8 Å². The Morgan fingerprint density at radius 2 is 2.25 bits per heavy atom. The van der Waals surface area contributed by atoms with Crippen molar-refractivity contribution in [3.8, 4) is 23.8 Å². The van der Waals surface area contributed by atoms with Gasteiger partial charge in [-0.1, -0.05) is 12.0 Å². The first kappa shape index (κ1) is 15.9. The number of terminal acetylenes is 1. The zero-order chi connectivity index (χ0) is 15.0. The SMILES string of the molecule is C#CCNC(=O)C(C)Oc1ccc(CCN)cc1OC. The maximum absolute atomic E-state index is 11.7. The zero-order valence-corrected chi connectivity index (χ0v) is 11.8. The lowest BCUT2D eigenvalue weighted by Gasteiger charge is -2.16. The van der Waals surface area contributed by atoms with E-state index in [4.69, 9.17) is 21.6 Å². The molecule has 0 radical (unpaired) electrons. The molecular weight excluding hydrogens is 256 g/mol. The Balaban J connectivity index is 2.76. The van der Waals surface area contributed by atoms with E-state index in [1.54, 1.807) is 20.1 Å². The zero-order valence-electron chi connectivity index (χ0n) is 11.8. The van der Waals surface area contributed by atoms with Gasteiger partial charge in [0.05, 0.1) is 13.7 Å². The highest BCUT2D eigenvalue weighted by molar-refractivity contribution is 5.81. The van der Waals surface area contributed by atoms with Crippen molar-refractivity contribution in [3.63, 3.8) is 0 Å². The largest absolute Gasteiger partial charge is 0.493 e. The summed E-state index contributed by atoms with van der Waals surface area (Å²) in [6.45, 7) is 2.40. The Labute approximate surface area is 119 Å². The molecule has 5 heteroatoms. The molecule has 1 atom stereocenters. The van der Waals surface area contributed by atoms with Crippen LogP contribution in [-0.4, -0.2) is 32.2 Å². The van der Waals surface area contributed by atoms with Gasteiger partial charge in [-0.2, -0.15) is 0 Å². The van der Waals surface area contributed by atoms with Crippen LogP contribution in [0.1, 0.15) is 12.5 Å². The summed E-state index contributed by atoms with van der Waals surface area (Å²) in [6.07, 6.45) is 5.19. The van der Waals surface area contributed by atoms with Gasteiger partial charge in [0, 0.05) is 0 Å². The summed E-state index contributed by atoms with van der Waals surface area (Å²) in [6, 6.07) is 5.53. The predicted octanol–water partition coefficient (Wildman–Crippen LogP) is 0.713. The number of hydrogen-bond donors (Lipinski definition) is 2. The van der Waals surface area contributed by atoms with Gasteiger partial charge in [0.2, 0.25) is 0 Å². The van der Waals surface area contributed by atoms with Crippen molar-refractivity contribution < 1.29 is 14.3 Å². The maximum atomic E-state index is 11.7. The molecule has 0 saturated carbocycles. The fraction of sp³-hybridized carbons (Fsp3) is 0.400. The van der Waals surface area contributed by atoms with Crippen LogP contribution in [0.2, 0.25) is 0 Å². The molecule has 0 fully saturated rings. The third kappa shape index (κ3) is 4.48. The Bertz CT molecular complexity index is 494. The van der Waals surface area contributed by atoms with Gasteiger partial charge < -0.3 is 20.5 Å². The van der Waals surface area contributed by atoms with Crippen LogP contribution >= 0.6 is 0 Å². The van der Waals surface area contributed by atoms with Gasteiger partial charge in [-0.3, -0.25) is 4.79 Å². The molecule has 1 amide bonds. The smallest absolute Gasteiger partial charge is 0.261 e. The van der Waals surface area contributed by atoms with Crippen LogP contribution in [0.3, 0.4) is 0 Å². The maximum Gasteiger partial charge on any atom is 0.261 e. The number of carbonyl (C=O) groups is 1. The third-order valence-corrected chi connectivity index (χ3v) is 2.70. The van der Waals surface area contributed by atoms with E-state index in [1.807, 2.05) is 12.1 Å². The van der Waals surface area contributed by atoms with Crippen LogP contribution in [0.25, 0.3) is 0 Å². The topological polar surface area (TPSA) is 73.6 Å². The minimum atomic E-state index is -0.655. The molecule has 0 aliphatic carbocycles. The second-order valence-corrected chi connectivity index (χ2v) is 4.21. The molecule has 1 aromatic carbocycles. The Kier molecular flexibility index (Phi) is 6.41. The summed E-state index contributed by atoms with van der Waals surface area (Å²) in [5.41, 5.74) is 6.57. The Hall–Kier alpha value is -2.19. The van der Waals surface area contributed by atoms with Gasteiger partial charge in [0.25, 0.3) is 5.91 Å². The second-order valence-electron chi connectivity index (χ2n) is 4.21. The van der Waals surface area contributed by atoms with Crippen LogP contribution in [0, 0.1) is 12.3 Å². The fourth-order valence-corrected chi connectivity index (χ4v) is 1.66. The Morgan fingerprint density at radius 3 is 2.85 bits per heavy atom. The van der Waals surface area contributed by atoms with E-state index >= 15 is 0 Å². The molecule has 0 aliphatic heterocycles. The molecule has 3 N–H and O–H groups in total. The van der Waals surface area contributed by atoms with Gasteiger partial charge in [-0.05, 0) is 37.6 Å². The van der Waals surface area contributed by atoms with Crippen LogP contribution in [-0.2, 0) is 11.2 Å². The van der Waals surface area contributed by atoms with Crippen molar-refractivity contribution in [1.82, 2.24) is 5.32 Å². The van der Waals surface area contributed by atoms with Gasteiger partial charge in [-0.15, -0.1) is 6.42 Å². The summed E-state index contributed by atoms with van der Waals surface area (Å²) in [5, 5.41) is 2.56. The molecule has 0 aliphatic rings. The summed E-state index contributed by atoms with van der Waals surface area (Å²) in [5.74, 6) is 3.16. The van der Waals surface area contributed by atoms with E-state index in [1.165, 1.54) is 0 Å². The van der Waals surface area contributed by atoms with E-state index in [-0.39, 0.29) is 12.5 Å². The highest BCUT2D eigenvalue weighted by atomic mass is 16.5. The number of amides is 1. The molecule has 0 bridgehead atoms. The van der Waals surface area contributed by atoms with Crippen molar-refractivity contribution in [2.24, 2.45) is 5.73 Å². The molecule has 0 aromatic heterocycles. The van der Waals surface area contributed by atoms with Crippen LogP contribution < -0.4 is 20.5 Å². The van der Waals surface area contributed by atoms with E-state index in [9.17, 15) is 4.79 Å².